The van der Waals surface area contributed by atoms with Crippen molar-refractivity contribution in [2.75, 3.05) is 24.6 Å². The number of piperidine rings is 1. The predicted octanol–water partition coefficient (Wildman–Crippen LogP) is 1.85. The molecule has 1 fully saturated rings. The zero-order valence-electron chi connectivity index (χ0n) is 13.2. The Bertz CT molecular complexity index is 553. The highest BCUT2D eigenvalue weighted by Gasteiger charge is 2.30. The number of carbonyl (C=O) groups excluding carboxylic acids is 1. The second-order valence-electron chi connectivity index (χ2n) is 6.41. The molecule has 1 unspecified atom stereocenters. The van der Waals surface area contributed by atoms with Crippen LogP contribution in [0.15, 0.2) is 18.2 Å². The van der Waals surface area contributed by atoms with Gasteiger partial charge in [0.15, 0.2) is 6.61 Å². The van der Waals surface area contributed by atoms with Crippen molar-refractivity contribution < 1.29 is 14.6 Å². The molecule has 0 bridgehead atoms. The van der Waals surface area contributed by atoms with Gasteiger partial charge in [0.1, 0.15) is 5.75 Å². The van der Waals surface area contributed by atoms with Crippen LogP contribution in [-0.2, 0) is 4.79 Å². The van der Waals surface area contributed by atoms with Crippen molar-refractivity contribution in [2.24, 2.45) is 5.92 Å². The highest BCUT2D eigenvalue weighted by molar-refractivity contribution is 5.98. The molecular formula is C17H24N2O3. The average Bonchev–Trinajstić information content (AvgIpc) is 2.54. The van der Waals surface area contributed by atoms with E-state index in [0.717, 1.165) is 42.9 Å². The van der Waals surface area contributed by atoms with Crippen molar-refractivity contribution in [3.8, 4) is 5.75 Å². The first-order valence-electron chi connectivity index (χ1n) is 8.05. The van der Waals surface area contributed by atoms with Crippen LogP contribution in [0.5, 0.6) is 5.75 Å². The lowest BCUT2D eigenvalue weighted by atomic mass is 9.88. The zero-order valence-corrected chi connectivity index (χ0v) is 13.2. The molecule has 3 rings (SSSR count). The number of hydrogen-bond donors (Lipinski definition) is 2. The molecule has 1 aromatic carbocycles. The number of hydrogen-bond acceptors (Lipinski definition) is 4. The molecule has 1 atom stereocenters. The first kappa shape index (κ1) is 15.3. The fourth-order valence-corrected chi connectivity index (χ4v) is 3.37. The molecule has 5 nitrogen and oxygen atoms in total. The Balaban J connectivity index is 1.90. The van der Waals surface area contributed by atoms with E-state index in [4.69, 9.17) is 4.74 Å². The largest absolute Gasteiger partial charge is 0.482 e. The Morgan fingerprint density at radius 1 is 1.32 bits per heavy atom. The van der Waals surface area contributed by atoms with Crippen LogP contribution >= 0.6 is 0 Å². The third-order valence-corrected chi connectivity index (χ3v) is 4.55. The van der Waals surface area contributed by atoms with Crippen LogP contribution < -0.4 is 15.0 Å². The fourth-order valence-electron chi connectivity index (χ4n) is 3.37. The molecule has 0 radical (unpaired) electrons. The van der Waals surface area contributed by atoms with E-state index in [9.17, 15) is 9.90 Å². The molecule has 1 amide bonds. The number of amides is 1. The summed E-state index contributed by atoms with van der Waals surface area (Å²) < 4.78 is 5.51. The van der Waals surface area contributed by atoms with Crippen LogP contribution in [0.4, 0.5) is 5.69 Å². The molecule has 2 heterocycles. The van der Waals surface area contributed by atoms with E-state index in [2.05, 4.69) is 5.32 Å². The third kappa shape index (κ3) is 2.83. The Labute approximate surface area is 131 Å². The second kappa shape index (κ2) is 6.26. The average molecular weight is 304 g/mol. The topological polar surface area (TPSA) is 61.8 Å². The molecular weight excluding hydrogens is 280 g/mol. The SMILES string of the molecule is CC(C)N1C(=O)COc2ccc(C(O)C3CCNCC3)cc21. The molecule has 2 aliphatic heterocycles. The van der Waals surface area contributed by atoms with Gasteiger partial charge in [0, 0.05) is 6.04 Å². The number of rotatable bonds is 3. The molecule has 1 saturated heterocycles. The first-order chi connectivity index (χ1) is 10.6. The number of aliphatic hydroxyl groups is 1. The summed E-state index contributed by atoms with van der Waals surface area (Å²) in [5.74, 6) is 0.956. The van der Waals surface area contributed by atoms with Gasteiger partial charge in [-0.3, -0.25) is 4.79 Å². The Kier molecular flexibility index (Phi) is 4.36. The van der Waals surface area contributed by atoms with Crippen LogP contribution in [-0.4, -0.2) is 36.8 Å². The molecule has 2 aliphatic rings. The minimum atomic E-state index is -0.488. The molecule has 0 aromatic heterocycles. The number of benzene rings is 1. The van der Waals surface area contributed by atoms with Crippen molar-refractivity contribution in [3.05, 3.63) is 23.8 Å². The van der Waals surface area contributed by atoms with Gasteiger partial charge in [-0.15, -0.1) is 0 Å². The molecule has 120 valence electrons. The van der Waals surface area contributed by atoms with E-state index in [-0.39, 0.29) is 24.5 Å². The minimum absolute atomic E-state index is 0.0315. The standard InChI is InChI=1S/C17H24N2O3/c1-11(2)19-14-9-13(3-4-15(14)22-10-16(19)20)17(21)12-5-7-18-8-6-12/h3-4,9,11-12,17-18,21H,5-8,10H2,1-2H3. The Morgan fingerprint density at radius 2 is 2.05 bits per heavy atom. The highest BCUT2D eigenvalue weighted by Crippen LogP contribution is 2.38. The summed E-state index contributed by atoms with van der Waals surface area (Å²) in [5.41, 5.74) is 1.64. The summed E-state index contributed by atoms with van der Waals surface area (Å²) in [6.07, 6.45) is 1.46. The molecule has 0 aliphatic carbocycles. The first-order valence-corrected chi connectivity index (χ1v) is 8.05. The number of fused-ring (bicyclic) bond motifs is 1. The number of nitrogens with zero attached hydrogens (tertiary/aromatic N) is 1. The van der Waals surface area contributed by atoms with Gasteiger partial charge in [-0.05, 0) is 63.4 Å². The van der Waals surface area contributed by atoms with Crippen LogP contribution in [0.3, 0.4) is 0 Å². The van der Waals surface area contributed by atoms with Gasteiger partial charge in [0.2, 0.25) is 0 Å². The van der Waals surface area contributed by atoms with Gasteiger partial charge < -0.3 is 20.1 Å². The van der Waals surface area contributed by atoms with E-state index in [1.54, 1.807) is 4.90 Å². The van der Waals surface area contributed by atoms with E-state index in [0.29, 0.717) is 0 Å². The van der Waals surface area contributed by atoms with E-state index in [1.165, 1.54) is 0 Å². The summed E-state index contributed by atoms with van der Waals surface area (Å²) in [7, 11) is 0. The van der Waals surface area contributed by atoms with E-state index in [1.807, 2.05) is 32.0 Å². The van der Waals surface area contributed by atoms with Gasteiger partial charge in [-0.1, -0.05) is 6.07 Å². The predicted molar refractivity (Wildman–Crippen MR) is 85.1 cm³/mol. The molecule has 2 N–H and O–H groups in total. The lowest BCUT2D eigenvalue weighted by molar-refractivity contribution is -0.121. The summed E-state index contributed by atoms with van der Waals surface area (Å²) in [4.78, 5) is 13.9. The highest BCUT2D eigenvalue weighted by atomic mass is 16.5. The lowest BCUT2D eigenvalue weighted by Crippen LogP contribution is -2.43. The van der Waals surface area contributed by atoms with Crippen molar-refractivity contribution in [2.45, 2.75) is 38.8 Å². The number of ether oxygens (including phenoxy) is 1. The molecule has 22 heavy (non-hydrogen) atoms. The number of carbonyl (C=O) groups is 1. The molecule has 0 spiro atoms. The van der Waals surface area contributed by atoms with Crippen LogP contribution in [0.2, 0.25) is 0 Å². The van der Waals surface area contributed by atoms with Crippen LogP contribution in [0, 0.1) is 5.92 Å². The zero-order chi connectivity index (χ0) is 15.7. The van der Waals surface area contributed by atoms with Crippen molar-refractivity contribution in [1.82, 2.24) is 5.32 Å². The third-order valence-electron chi connectivity index (χ3n) is 4.55. The number of nitrogens with one attached hydrogen (secondary N) is 1. The van der Waals surface area contributed by atoms with E-state index < -0.39 is 6.10 Å². The fraction of sp³-hybridized carbons (Fsp3) is 0.588. The van der Waals surface area contributed by atoms with Crippen molar-refractivity contribution in [1.29, 1.82) is 0 Å². The van der Waals surface area contributed by atoms with Gasteiger partial charge in [-0.2, -0.15) is 0 Å². The van der Waals surface area contributed by atoms with Gasteiger partial charge in [-0.25, -0.2) is 0 Å². The second-order valence-corrected chi connectivity index (χ2v) is 6.41. The summed E-state index contributed by atoms with van der Waals surface area (Å²) in [6.45, 7) is 5.96. The Morgan fingerprint density at radius 3 is 2.73 bits per heavy atom. The summed E-state index contributed by atoms with van der Waals surface area (Å²) >= 11 is 0. The maximum absolute atomic E-state index is 12.1. The van der Waals surface area contributed by atoms with Gasteiger partial charge >= 0.3 is 0 Å². The van der Waals surface area contributed by atoms with E-state index >= 15 is 0 Å². The quantitative estimate of drug-likeness (QED) is 0.895. The Hall–Kier alpha value is -1.59. The van der Waals surface area contributed by atoms with Crippen molar-refractivity contribution >= 4 is 11.6 Å². The molecule has 1 aromatic rings. The normalized spacial score (nSPS) is 20.7. The van der Waals surface area contributed by atoms with Crippen LogP contribution in [0.1, 0.15) is 38.4 Å². The molecule has 5 heteroatoms. The molecule has 0 saturated carbocycles. The monoisotopic (exact) mass is 304 g/mol. The van der Waals surface area contributed by atoms with Crippen LogP contribution in [0.25, 0.3) is 0 Å². The maximum Gasteiger partial charge on any atom is 0.265 e. The van der Waals surface area contributed by atoms with Gasteiger partial charge in [0.05, 0.1) is 11.8 Å². The summed E-state index contributed by atoms with van der Waals surface area (Å²) in [6, 6.07) is 5.77. The maximum atomic E-state index is 12.1. The minimum Gasteiger partial charge on any atom is -0.482 e. The number of aliphatic hydroxyl groups excluding tert-OH is 1. The lowest BCUT2D eigenvalue weighted by Gasteiger charge is -2.34. The van der Waals surface area contributed by atoms with Gasteiger partial charge in [0.25, 0.3) is 5.91 Å². The smallest absolute Gasteiger partial charge is 0.265 e. The van der Waals surface area contributed by atoms with Crippen molar-refractivity contribution in [3.63, 3.8) is 0 Å². The number of anilines is 1. The summed E-state index contributed by atoms with van der Waals surface area (Å²) in [5, 5.41) is 14.0.